The van der Waals surface area contributed by atoms with E-state index in [2.05, 4.69) is 4.98 Å². The molecule has 1 aromatic carbocycles. The van der Waals surface area contributed by atoms with Gasteiger partial charge in [-0.25, -0.2) is 4.98 Å². The second-order valence-corrected chi connectivity index (χ2v) is 8.14. The summed E-state index contributed by atoms with van der Waals surface area (Å²) in [5, 5.41) is 11.2. The summed E-state index contributed by atoms with van der Waals surface area (Å²) >= 11 is 2.65. The molecule has 0 N–H and O–H groups in total. The Balaban J connectivity index is 2.00. The van der Waals surface area contributed by atoms with Crippen molar-refractivity contribution in [3.8, 4) is 11.8 Å². The minimum Gasteiger partial charge on any atom is -0.344 e. The molecule has 0 unspecified atom stereocenters. The van der Waals surface area contributed by atoms with Gasteiger partial charge in [-0.3, -0.25) is 14.2 Å². The van der Waals surface area contributed by atoms with Crippen molar-refractivity contribution in [1.82, 2.24) is 14.5 Å². The Morgan fingerprint density at radius 3 is 2.81 bits per heavy atom. The van der Waals surface area contributed by atoms with E-state index in [0.717, 1.165) is 0 Å². The Labute approximate surface area is 165 Å². The van der Waals surface area contributed by atoms with Gasteiger partial charge in [0.05, 0.1) is 28.8 Å². The number of para-hydroxylation sites is 1. The predicted molar refractivity (Wildman–Crippen MR) is 108 cm³/mol. The average Bonchev–Trinajstić information content (AvgIpc) is 3.15. The molecule has 0 bridgehead atoms. The molecule has 27 heavy (non-hydrogen) atoms. The van der Waals surface area contributed by atoms with Crippen LogP contribution in [0.4, 0.5) is 0 Å². The first-order valence-electron chi connectivity index (χ1n) is 8.37. The second kappa shape index (κ2) is 8.37. The number of carbonyl (C=O) groups is 1. The number of nitriles is 1. The lowest BCUT2D eigenvalue weighted by Gasteiger charge is -2.21. The van der Waals surface area contributed by atoms with Gasteiger partial charge in [0.2, 0.25) is 5.91 Å². The lowest BCUT2D eigenvalue weighted by molar-refractivity contribution is -0.128. The van der Waals surface area contributed by atoms with Gasteiger partial charge in [0.25, 0.3) is 5.56 Å². The number of hydrogen-bond acceptors (Lipinski definition) is 6. The maximum Gasteiger partial charge on any atom is 0.267 e. The molecule has 3 aromatic rings. The minimum absolute atomic E-state index is 0.101. The monoisotopic (exact) mass is 398 g/mol. The van der Waals surface area contributed by atoms with Gasteiger partial charge in [-0.15, -0.1) is 11.3 Å². The largest absolute Gasteiger partial charge is 0.344 e. The molecule has 1 atom stereocenters. The van der Waals surface area contributed by atoms with Crippen LogP contribution in [-0.4, -0.2) is 39.2 Å². The van der Waals surface area contributed by atoms with Crippen molar-refractivity contribution in [3.05, 3.63) is 52.1 Å². The molecule has 0 spiro atoms. The zero-order valence-electron chi connectivity index (χ0n) is 15.0. The summed E-state index contributed by atoms with van der Waals surface area (Å²) in [6.45, 7) is 2.17. The zero-order valence-corrected chi connectivity index (χ0v) is 16.6. The van der Waals surface area contributed by atoms with E-state index in [-0.39, 0.29) is 17.9 Å². The first-order valence-corrected chi connectivity index (χ1v) is 10.1. The highest BCUT2D eigenvalue weighted by Crippen LogP contribution is 2.27. The molecule has 0 fully saturated rings. The van der Waals surface area contributed by atoms with E-state index < -0.39 is 5.25 Å². The summed E-state index contributed by atoms with van der Waals surface area (Å²) in [5.74, 6) is -0.101. The molecule has 6 nitrogen and oxygen atoms in total. The first-order chi connectivity index (χ1) is 13.0. The van der Waals surface area contributed by atoms with E-state index >= 15 is 0 Å². The number of aromatic nitrogens is 2. The number of rotatable bonds is 6. The van der Waals surface area contributed by atoms with Gasteiger partial charge in [0.1, 0.15) is 4.83 Å². The molecule has 0 saturated heterocycles. The maximum absolute atomic E-state index is 13.0. The van der Waals surface area contributed by atoms with Crippen molar-refractivity contribution < 1.29 is 4.79 Å². The Morgan fingerprint density at radius 2 is 2.11 bits per heavy atom. The molecular formula is C19H18N4O2S2. The summed E-state index contributed by atoms with van der Waals surface area (Å²) in [5.41, 5.74) is 0.565. The van der Waals surface area contributed by atoms with Crippen molar-refractivity contribution in [2.45, 2.75) is 23.8 Å². The quantitative estimate of drug-likeness (QED) is 0.470. The highest BCUT2D eigenvalue weighted by Gasteiger charge is 2.22. The van der Waals surface area contributed by atoms with Gasteiger partial charge in [-0.05, 0) is 30.5 Å². The smallest absolute Gasteiger partial charge is 0.267 e. The molecule has 2 heterocycles. The van der Waals surface area contributed by atoms with Gasteiger partial charge < -0.3 is 4.90 Å². The predicted octanol–water partition coefficient (Wildman–Crippen LogP) is 3.30. The number of hydrogen-bond donors (Lipinski definition) is 0. The number of amides is 1. The topological polar surface area (TPSA) is 79.0 Å². The van der Waals surface area contributed by atoms with E-state index in [4.69, 9.17) is 5.26 Å². The number of benzene rings is 1. The Bertz CT molecular complexity index is 1050. The van der Waals surface area contributed by atoms with Gasteiger partial charge in [-0.1, -0.05) is 30.0 Å². The van der Waals surface area contributed by atoms with Crippen LogP contribution in [0, 0.1) is 11.3 Å². The van der Waals surface area contributed by atoms with Crippen LogP contribution >= 0.6 is 23.1 Å². The molecule has 0 radical (unpaired) electrons. The van der Waals surface area contributed by atoms with Crippen LogP contribution in [0.5, 0.6) is 0 Å². The van der Waals surface area contributed by atoms with Crippen molar-refractivity contribution in [3.63, 3.8) is 0 Å². The zero-order chi connectivity index (χ0) is 19.4. The molecule has 1 amide bonds. The molecule has 8 heteroatoms. The summed E-state index contributed by atoms with van der Waals surface area (Å²) in [6.07, 6.45) is 0.285. The van der Waals surface area contributed by atoms with Crippen molar-refractivity contribution >= 4 is 39.2 Å². The minimum atomic E-state index is -0.437. The third-order valence-corrected chi connectivity index (χ3v) is 5.89. The van der Waals surface area contributed by atoms with Crippen LogP contribution in [0.2, 0.25) is 0 Å². The SMILES string of the molecule is C[C@@H](Sc1nc2sccc2c(=O)n1-c1ccccc1)C(=O)N(C)CCC#N. The molecule has 138 valence electrons. The normalized spacial score (nSPS) is 11.9. The molecule has 0 aliphatic carbocycles. The number of thioether (sulfide) groups is 1. The molecule has 0 aliphatic heterocycles. The summed E-state index contributed by atoms with van der Waals surface area (Å²) in [6, 6.07) is 13.1. The number of thiophene rings is 1. The lowest BCUT2D eigenvalue weighted by Crippen LogP contribution is -2.34. The number of fused-ring (bicyclic) bond motifs is 1. The standard InChI is InChI=1S/C19H18N4O2S2/c1-13(17(24)22(2)11-6-10-20)27-19-21-16-15(9-12-26-16)18(25)23(19)14-7-4-3-5-8-14/h3-5,7-9,12-13H,6,11H2,1-2H3/t13-/m1/s1. The fourth-order valence-corrected chi connectivity index (χ4v) is 4.47. The Morgan fingerprint density at radius 1 is 1.37 bits per heavy atom. The van der Waals surface area contributed by atoms with Crippen molar-refractivity contribution in [1.29, 1.82) is 5.26 Å². The van der Waals surface area contributed by atoms with Crippen LogP contribution in [0.25, 0.3) is 15.9 Å². The van der Waals surface area contributed by atoms with Crippen LogP contribution < -0.4 is 5.56 Å². The Hall–Kier alpha value is -2.63. The van der Waals surface area contributed by atoms with Crippen molar-refractivity contribution in [2.24, 2.45) is 0 Å². The van der Waals surface area contributed by atoms with E-state index in [9.17, 15) is 9.59 Å². The third-order valence-electron chi connectivity index (χ3n) is 4.05. The highest BCUT2D eigenvalue weighted by molar-refractivity contribution is 8.00. The average molecular weight is 399 g/mol. The second-order valence-electron chi connectivity index (χ2n) is 5.94. The summed E-state index contributed by atoms with van der Waals surface area (Å²) in [4.78, 5) is 32.4. The Kier molecular flexibility index (Phi) is 5.94. The lowest BCUT2D eigenvalue weighted by atomic mass is 10.3. The molecule has 2 aromatic heterocycles. The fraction of sp³-hybridized carbons (Fsp3) is 0.263. The fourth-order valence-electron chi connectivity index (χ4n) is 2.63. The maximum atomic E-state index is 13.0. The molecule has 0 aliphatic rings. The van der Waals surface area contributed by atoms with Gasteiger partial charge >= 0.3 is 0 Å². The van der Waals surface area contributed by atoms with Gasteiger partial charge in [0, 0.05) is 13.6 Å². The van der Waals surface area contributed by atoms with Gasteiger partial charge in [0.15, 0.2) is 5.16 Å². The molecular weight excluding hydrogens is 380 g/mol. The van der Waals surface area contributed by atoms with Crippen LogP contribution in [0.1, 0.15) is 13.3 Å². The van der Waals surface area contributed by atoms with Crippen LogP contribution in [0.3, 0.4) is 0 Å². The highest BCUT2D eigenvalue weighted by atomic mass is 32.2. The molecule has 3 rings (SSSR count). The van der Waals surface area contributed by atoms with E-state index in [1.54, 1.807) is 24.6 Å². The summed E-state index contributed by atoms with van der Waals surface area (Å²) < 4.78 is 1.55. The van der Waals surface area contributed by atoms with Crippen molar-refractivity contribution in [2.75, 3.05) is 13.6 Å². The third kappa shape index (κ3) is 4.04. The van der Waals surface area contributed by atoms with E-state index in [1.807, 2.05) is 41.8 Å². The first kappa shape index (κ1) is 19.1. The van der Waals surface area contributed by atoms with E-state index in [0.29, 0.717) is 27.6 Å². The van der Waals surface area contributed by atoms with Crippen LogP contribution in [-0.2, 0) is 4.79 Å². The number of carbonyl (C=O) groups excluding carboxylic acids is 1. The summed E-state index contributed by atoms with van der Waals surface area (Å²) in [7, 11) is 1.68. The van der Waals surface area contributed by atoms with E-state index in [1.165, 1.54) is 28.0 Å². The van der Waals surface area contributed by atoms with Crippen LogP contribution in [0.15, 0.2) is 51.7 Å². The molecule has 0 saturated carbocycles. The van der Waals surface area contributed by atoms with Gasteiger partial charge in [-0.2, -0.15) is 5.26 Å². The number of nitrogens with zero attached hydrogens (tertiary/aromatic N) is 4.